The van der Waals surface area contributed by atoms with Gasteiger partial charge in [0.05, 0.1) is 0 Å². The quantitative estimate of drug-likeness (QED) is 0.636. The van der Waals surface area contributed by atoms with Gasteiger partial charge in [0.15, 0.2) is 0 Å². The van der Waals surface area contributed by atoms with Crippen LogP contribution in [0.25, 0.3) is 0 Å². The van der Waals surface area contributed by atoms with Crippen LogP contribution in [0.4, 0.5) is 0 Å². The van der Waals surface area contributed by atoms with Crippen molar-refractivity contribution in [3.63, 3.8) is 0 Å². The molecule has 0 aromatic carbocycles. The number of carboxylic acids is 1. The summed E-state index contributed by atoms with van der Waals surface area (Å²) in [5.41, 5.74) is -0.667. The van der Waals surface area contributed by atoms with E-state index in [2.05, 4.69) is 12.2 Å². The fraction of sp³-hybridized carbons (Fsp3) is 0.900. The van der Waals surface area contributed by atoms with Crippen LogP contribution in [0.5, 0.6) is 0 Å². The summed E-state index contributed by atoms with van der Waals surface area (Å²) >= 11 is 1.74. The van der Waals surface area contributed by atoms with E-state index in [-0.39, 0.29) is 0 Å². The Kier molecular flexibility index (Phi) is 4.26. The summed E-state index contributed by atoms with van der Waals surface area (Å²) in [6.07, 6.45) is 3.22. The van der Waals surface area contributed by atoms with Gasteiger partial charge in [-0.3, -0.25) is 4.79 Å². The average Bonchev–Trinajstić information content (AvgIpc) is 2.96. The molecule has 14 heavy (non-hydrogen) atoms. The van der Waals surface area contributed by atoms with E-state index < -0.39 is 11.5 Å². The number of hydrogen-bond acceptors (Lipinski definition) is 3. The molecule has 0 aromatic heterocycles. The predicted molar refractivity (Wildman–Crippen MR) is 59.8 cm³/mol. The van der Waals surface area contributed by atoms with Crippen LogP contribution in [0.1, 0.15) is 26.2 Å². The molecular formula is C10H19NO2S. The molecule has 0 spiro atoms. The maximum atomic E-state index is 11.3. The Labute approximate surface area is 89.6 Å². The molecule has 0 radical (unpaired) electrons. The molecule has 1 aliphatic rings. The minimum absolute atomic E-state index is 0.342. The van der Waals surface area contributed by atoms with Crippen LogP contribution in [-0.4, -0.2) is 35.2 Å². The molecule has 1 rings (SSSR count). The number of rotatable bonds is 7. The predicted octanol–water partition coefficient (Wildman–Crippen LogP) is 1.58. The molecule has 1 atom stereocenters. The maximum absolute atomic E-state index is 11.3. The fourth-order valence-corrected chi connectivity index (χ4v) is 2.95. The zero-order valence-electron chi connectivity index (χ0n) is 8.88. The first-order chi connectivity index (χ1) is 6.67. The Bertz CT molecular complexity index is 206. The van der Waals surface area contributed by atoms with Gasteiger partial charge in [-0.05, 0) is 38.0 Å². The van der Waals surface area contributed by atoms with Gasteiger partial charge in [-0.2, -0.15) is 11.8 Å². The lowest BCUT2D eigenvalue weighted by Gasteiger charge is -2.28. The van der Waals surface area contributed by atoms with Crippen molar-refractivity contribution in [2.24, 2.45) is 5.92 Å². The number of carbonyl (C=O) groups is 1. The highest BCUT2D eigenvalue weighted by atomic mass is 32.2. The third-order valence-electron chi connectivity index (χ3n) is 2.78. The van der Waals surface area contributed by atoms with Gasteiger partial charge in [0.2, 0.25) is 0 Å². The second kappa shape index (κ2) is 5.03. The van der Waals surface area contributed by atoms with Crippen molar-refractivity contribution in [3.05, 3.63) is 0 Å². The molecule has 1 unspecified atom stereocenters. The summed E-state index contributed by atoms with van der Waals surface area (Å²) in [5, 5.41) is 12.3. The van der Waals surface area contributed by atoms with Crippen molar-refractivity contribution in [2.75, 3.05) is 18.6 Å². The Morgan fingerprint density at radius 2 is 2.29 bits per heavy atom. The van der Waals surface area contributed by atoms with Gasteiger partial charge in [-0.1, -0.05) is 6.92 Å². The number of aliphatic carboxylic acids is 1. The lowest BCUT2D eigenvalue weighted by atomic mass is 9.96. The molecule has 0 saturated heterocycles. The van der Waals surface area contributed by atoms with Crippen LogP contribution in [0.15, 0.2) is 0 Å². The van der Waals surface area contributed by atoms with Gasteiger partial charge in [-0.15, -0.1) is 0 Å². The second-order valence-corrected chi connectivity index (χ2v) is 4.96. The SMILES string of the molecule is CCCSCC(NC)(C(=O)O)C1CC1. The number of likely N-dealkylation sites (N-methyl/N-ethyl adjacent to an activating group) is 1. The summed E-state index contributed by atoms with van der Waals surface area (Å²) in [5.74, 6) is 1.39. The first-order valence-corrected chi connectivity index (χ1v) is 6.33. The minimum Gasteiger partial charge on any atom is -0.480 e. The number of carboxylic acid groups (broad SMARTS) is 1. The number of nitrogens with one attached hydrogen (secondary N) is 1. The van der Waals surface area contributed by atoms with Gasteiger partial charge < -0.3 is 10.4 Å². The number of thioether (sulfide) groups is 1. The normalized spacial score (nSPS) is 20.4. The van der Waals surface area contributed by atoms with Crippen molar-refractivity contribution < 1.29 is 9.90 Å². The van der Waals surface area contributed by atoms with Gasteiger partial charge in [0, 0.05) is 5.75 Å². The summed E-state index contributed by atoms with van der Waals surface area (Å²) in [6.45, 7) is 2.12. The lowest BCUT2D eigenvalue weighted by Crippen LogP contribution is -2.54. The highest BCUT2D eigenvalue weighted by molar-refractivity contribution is 7.99. The van der Waals surface area contributed by atoms with Gasteiger partial charge >= 0.3 is 5.97 Å². The summed E-state index contributed by atoms with van der Waals surface area (Å²) < 4.78 is 0. The Morgan fingerprint density at radius 1 is 1.64 bits per heavy atom. The van der Waals surface area contributed by atoms with Crippen molar-refractivity contribution in [3.8, 4) is 0 Å². The van der Waals surface area contributed by atoms with Crippen LogP contribution in [0.2, 0.25) is 0 Å². The van der Waals surface area contributed by atoms with Crippen LogP contribution < -0.4 is 5.32 Å². The van der Waals surface area contributed by atoms with E-state index >= 15 is 0 Å². The third-order valence-corrected chi connectivity index (χ3v) is 4.14. The Balaban J connectivity index is 2.54. The molecule has 0 bridgehead atoms. The van der Waals surface area contributed by atoms with Crippen molar-refractivity contribution >= 4 is 17.7 Å². The molecule has 1 fully saturated rings. The smallest absolute Gasteiger partial charge is 0.325 e. The summed E-state index contributed by atoms with van der Waals surface area (Å²) in [6, 6.07) is 0. The standard InChI is InChI=1S/C10H19NO2S/c1-3-6-14-7-10(11-2,9(12)13)8-4-5-8/h8,11H,3-7H2,1-2H3,(H,12,13). The van der Waals surface area contributed by atoms with E-state index in [4.69, 9.17) is 0 Å². The lowest BCUT2D eigenvalue weighted by molar-refractivity contribution is -0.144. The molecule has 0 aromatic rings. The summed E-state index contributed by atoms with van der Waals surface area (Å²) in [7, 11) is 1.76. The van der Waals surface area contributed by atoms with Crippen LogP contribution in [0.3, 0.4) is 0 Å². The molecule has 0 amide bonds. The van der Waals surface area contributed by atoms with Gasteiger partial charge in [0.1, 0.15) is 5.54 Å². The van der Waals surface area contributed by atoms with Crippen molar-refractivity contribution in [1.29, 1.82) is 0 Å². The highest BCUT2D eigenvalue weighted by Crippen LogP contribution is 2.41. The second-order valence-electron chi connectivity index (χ2n) is 3.85. The third kappa shape index (κ3) is 2.42. The molecule has 0 aliphatic heterocycles. The Morgan fingerprint density at radius 3 is 2.64 bits per heavy atom. The zero-order valence-corrected chi connectivity index (χ0v) is 9.69. The fourth-order valence-electron chi connectivity index (χ4n) is 1.69. The first kappa shape index (κ1) is 11.9. The molecule has 3 nitrogen and oxygen atoms in total. The van der Waals surface area contributed by atoms with Crippen LogP contribution >= 0.6 is 11.8 Å². The van der Waals surface area contributed by atoms with E-state index in [0.29, 0.717) is 11.7 Å². The minimum atomic E-state index is -0.689. The van der Waals surface area contributed by atoms with E-state index in [0.717, 1.165) is 25.0 Å². The van der Waals surface area contributed by atoms with Crippen molar-refractivity contribution in [2.45, 2.75) is 31.7 Å². The zero-order chi connectivity index (χ0) is 10.6. The van der Waals surface area contributed by atoms with Crippen LogP contribution in [-0.2, 0) is 4.79 Å². The van der Waals surface area contributed by atoms with Crippen molar-refractivity contribution in [1.82, 2.24) is 5.32 Å². The molecule has 1 saturated carbocycles. The highest BCUT2D eigenvalue weighted by Gasteiger charge is 2.49. The van der Waals surface area contributed by atoms with Gasteiger partial charge in [0.25, 0.3) is 0 Å². The molecule has 4 heteroatoms. The summed E-state index contributed by atoms with van der Waals surface area (Å²) in [4.78, 5) is 11.3. The molecule has 82 valence electrons. The monoisotopic (exact) mass is 217 g/mol. The maximum Gasteiger partial charge on any atom is 0.325 e. The molecule has 0 heterocycles. The number of hydrogen-bond donors (Lipinski definition) is 2. The van der Waals surface area contributed by atoms with E-state index in [1.165, 1.54) is 0 Å². The molecule has 2 N–H and O–H groups in total. The first-order valence-electron chi connectivity index (χ1n) is 5.17. The van der Waals surface area contributed by atoms with E-state index in [1.54, 1.807) is 18.8 Å². The molecule has 1 aliphatic carbocycles. The van der Waals surface area contributed by atoms with Gasteiger partial charge in [-0.25, -0.2) is 0 Å². The molecular weight excluding hydrogens is 198 g/mol. The topological polar surface area (TPSA) is 49.3 Å². The van der Waals surface area contributed by atoms with E-state index in [9.17, 15) is 9.90 Å². The largest absolute Gasteiger partial charge is 0.480 e. The Hall–Kier alpha value is -0.220. The van der Waals surface area contributed by atoms with Crippen LogP contribution in [0, 0.1) is 5.92 Å². The van der Waals surface area contributed by atoms with E-state index in [1.807, 2.05) is 0 Å². The average molecular weight is 217 g/mol.